The molecule has 0 aromatic heterocycles. The normalized spacial score (nSPS) is 11.2. The summed E-state index contributed by atoms with van der Waals surface area (Å²) in [6, 6.07) is 2.97. The zero-order valence-corrected chi connectivity index (χ0v) is 13.7. The van der Waals surface area contributed by atoms with Crippen molar-refractivity contribution in [2.75, 3.05) is 0 Å². The summed E-state index contributed by atoms with van der Waals surface area (Å²) in [5.41, 5.74) is 0.187. The first-order chi connectivity index (χ1) is 10.2. The van der Waals surface area contributed by atoms with Crippen molar-refractivity contribution >= 4 is 23.4 Å². The van der Waals surface area contributed by atoms with Gasteiger partial charge in [-0.1, -0.05) is 11.6 Å². The molecular formula is C16H19ClO5. The minimum atomic E-state index is -1.20. The van der Waals surface area contributed by atoms with E-state index in [0.717, 1.165) is 12.2 Å². The summed E-state index contributed by atoms with van der Waals surface area (Å²) in [6.07, 6.45) is 1.49. The molecule has 0 unspecified atom stereocenters. The molecular weight excluding hydrogens is 308 g/mol. The van der Waals surface area contributed by atoms with Crippen molar-refractivity contribution in [1.29, 1.82) is 0 Å². The molecule has 0 aliphatic rings. The van der Waals surface area contributed by atoms with Crippen LogP contribution in [0.15, 0.2) is 24.3 Å². The third kappa shape index (κ3) is 5.41. The molecule has 0 spiro atoms. The molecule has 5 nitrogen and oxygen atoms in total. The Morgan fingerprint density at radius 3 is 2.09 bits per heavy atom. The number of carboxylic acids is 1. The molecule has 0 radical (unpaired) electrons. The highest BCUT2D eigenvalue weighted by Crippen LogP contribution is 2.34. The number of benzene rings is 1. The minimum Gasteiger partial charge on any atom is -0.490 e. The monoisotopic (exact) mass is 326 g/mol. The van der Waals surface area contributed by atoms with Crippen molar-refractivity contribution in [3.05, 3.63) is 34.9 Å². The summed E-state index contributed by atoms with van der Waals surface area (Å²) in [4.78, 5) is 22.6. The van der Waals surface area contributed by atoms with Gasteiger partial charge in [-0.15, -0.1) is 0 Å². The predicted octanol–water partition coefficient (Wildman–Crippen LogP) is 3.74. The van der Waals surface area contributed by atoms with E-state index in [0.29, 0.717) is 11.5 Å². The lowest BCUT2D eigenvalue weighted by Crippen LogP contribution is -2.11. The molecule has 0 heterocycles. The van der Waals surface area contributed by atoms with Gasteiger partial charge in [-0.2, -0.15) is 0 Å². The number of carbonyl (C=O) groups is 2. The zero-order chi connectivity index (χ0) is 16.9. The number of allylic oxidation sites excluding steroid dienone is 1. The van der Waals surface area contributed by atoms with Crippen LogP contribution in [0.5, 0.6) is 11.5 Å². The number of rotatable bonds is 7. The van der Waals surface area contributed by atoms with Crippen LogP contribution in [-0.2, 0) is 4.79 Å². The highest BCUT2D eigenvalue weighted by atomic mass is 35.5. The van der Waals surface area contributed by atoms with Gasteiger partial charge in [0.05, 0.1) is 22.8 Å². The summed E-state index contributed by atoms with van der Waals surface area (Å²) in [5, 5.41) is 8.87. The highest BCUT2D eigenvalue weighted by molar-refractivity contribution is 6.32. The number of ether oxygens (including phenoxy) is 2. The van der Waals surface area contributed by atoms with Crippen LogP contribution in [0.4, 0.5) is 0 Å². The quantitative estimate of drug-likeness (QED) is 0.610. The maximum absolute atomic E-state index is 12.1. The van der Waals surface area contributed by atoms with E-state index in [4.69, 9.17) is 26.2 Å². The second kappa shape index (κ2) is 7.84. The maximum Gasteiger partial charge on any atom is 0.328 e. The van der Waals surface area contributed by atoms with Crippen molar-refractivity contribution in [2.45, 2.75) is 39.9 Å². The van der Waals surface area contributed by atoms with E-state index in [2.05, 4.69) is 0 Å². The molecule has 0 bridgehead atoms. The van der Waals surface area contributed by atoms with Gasteiger partial charge in [0.2, 0.25) is 0 Å². The molecule has 1 N–H and O–H groups in total. The average Bonchev–Trinajstić information content (AvgIpc) is 2.38. The van der Waals surface area contributed by atoms with Crippen LogP contribution in [-0.4, -0.2) is 29.1 Å². The number of aliphatic carboxylic acids is 1. The van der Waals surface area contributed by atoms with Gasteiger partial charge in [0, 0.05) is 12.1 Å². The smallest absolute Gasteiger partial charge is 0.328 e. The Bertz CT molecular complexity index is 590. The van der Waals surface area contributed by atoms with E-state index in [9.17, 15) is 9.59 Å². The molecule has 0 saturated carbocycles. The van der Waals surface area contributed by atoms with Gasteiger partial charge in [-0.3, -0.25) is 4.79 Å². The average molecular weight is 327 g/mol. The standard InChI is InChI=1S/C16H19ClO5/c1-9(2)21-14-8-15(22-10(3)4)12(17)7-11(14)13(18)5-6-16(19)20/h5-10H,1-4H3,(H,19,20)/b6-5+. The molecule has 22 heavy (non-hydrogen) atoms. The Morgan fingerprint density at radius 1 is 1.05 bits per heavy atom. The lowest BCUT2D eigenvalue weighted by molar-refractivity contribution is -0.131. The predicted molar refractivity (Wildman–Crippen MR) is 84.1 cm³/mol. The summed E-state index contributed by atoms with van der Waals surface area (Å²) in [7, 11) is 0. The largest absolute Gasteiger partial charge is 0.490 e. The first-order valence-electron chi connectivity index (χ1n) is 6.83. The van der Waals surface area contributed by atoms with E-state index >= 15 is 0 Å². The topological polar surface area (TPSA) is 72.8 Å². The van der Waals surface area contributed by atoms with Crippen LogP contribution in [0.1, 0.15) is 38.1 Å². The third-order valence-corrected chi connectivity index (χ3v) is 2.70. The molecule has 0 aliphatic carbocycles. The van der Waals surface area contributed by atoms with Crippen LogP contribution in [0, 0.1) is 0 Å². The second-order valence-electron chi connectivity index (χ2n) is 5.15. The molecule has 0 atom stereocenters. The molecule has 0 amide bonds. The van der Waals surface area contributed by atoms with Gasteiger partial charge in [-0.25, -0.2) is 4.79 Å². The van der Waals surface area contributed by atoms with E-state index in [1.54, 1.807) is 6.07 Å². The highest BCUT2D eigenvalue weighted by Gasteiger charge is 2.17. The van der Waals surface area contributed by atoms with Crippen LogP contribution < -0.4 is 9.47 Å². The van der Waals surface area contributed by atoms with Gasteiger partial charge in [0.1, 0.15) is 11.5 Å². The summed E-state index contributed by atoms with van der Waals surface area (Å²) in [5.74, 6) is -0.997. The van der Waals surface area contributed by atoms with Gasteiger partial charge >= 0.3 is 5.97 Å². The maximum atomic E-state index is 12.1. The number of hydrogen-bond donors (Lipinski definition) is 1. The van der Waals surface area contributed by atoms with Crippen LogP contribution in [0.2, 0.25) is 5.02 Å². The minimum absolute atomic E-state index is 0.0853. The molecule has 0 saturated heterocycles. The number of hydrogen-bond acceptors (Lipinski definition) is 4. The fourth-order valence-corrected chi connectivity index (χ4v) is 1.87. The Hall–Kier alpha value is -2.01. The summed E-state index contributed by atoms with van der Waals surface area (Å²) < 4.78 is 11.2. The zero-order valence-electron chi connectivity index (χ0n) is 12.9. The molecule has 0 aliphatic heterocycles. The molecule has 1 aromatic rings. The summed E-state index contributed by atoms with van der Waals surface area (Å²) in [6.45, 7) is 7.35. The first kappa shape index (κ1) is 18.0. The van der Waals surface area contributed by atoms with E-state index in [1.165, 1.54) is 6.07 Å². The van der Waals surface area contributed by atoms with Gasteiger partial charge < -0.3 is 14.6 Å². The van der Waals surface area contributed by atoms with Gasteiger partial charge in [0.15, 0.2) is 5.78 Å². The molecule has 120 valence electrons. The number of halogens is 1. The third-order valence-electron chi connectivity index (χ3n) is 2.40. The Kier molecular flexibility index (Phi) is 6.43. The van der Waals surface area contributed by atoms with Crippen molar-refractivity contribution in [3.8, 4) is 11.5 Å². The van der Waals surface area contributed by atoms with Gasteiger partial charge in [-0.05, 0) is 39.8 Å². The second-order valence-corrected chi connectivity index (χ2v) is 5.56. The lowest BCUT2D eigenvalue weighted by atomic mass is 10.1. The lowest BCUT2D eigenvalue weighted by Gasteiger charge is -2.17. The Morgan fingerprint density at radius 2 is 1.59 bits per heavy atom. The molecule has 1 rings (SSSR count). The number of ketones is 1. The number of carboxylic acid groups (broad SMARTS) is 1. The van der Waals surface area contributed by atoms with Crippen molar-refractivity contribution in [3.63, 3.8) is 0 Å². The molecule has 0 fully saturated rings. The van der Waals surface area contributed by atoms with Gasteiger partial charge in [0.25, 0.3) is 0 Å². The SMILES string of the molecule is CC(C)Oc1cc(OC(C)C)c(C(=O)/C=C/C(=O)O)cc1Cl. The first-order valence-corrected chi connectivity index (χ1v) is 7.20. The number of carbonyl (C=O) groups excluding carboxylic acids is 1. The van der Waals surface area contributed by atoms with E-state index in [1.807, 2.05) is 27.7 Å². The van der Waals surface area contributed by atoms with Crippen LogP contribution in [0.3, 0.4) is 0 Å². The fourth-order valence-electron chi connectivity index (χ4n) is 1.66. The Balaban J connectivity index is 3.27. The van der Waals surface area contributed by atoms with Crippen LogP contribution in [0.25, 0.3) is 0 Å². The molecule has 6 heteroatoms. The van der Waals surface area contributed by atoms with Crippen LogP contribution >= 0.6 is 11.6 Å². The van der Waals surface area contributed by atoms with E-state index in [-0.39, 0.29) is 22.8 Å². The summed E-state index contributed by atoms with van der Waals surface area (Å²) >= 11 is 6.12. The fraction of sp³-hybridized carbons (Fsp3) is 0.375. The Labute approximate surface area is 134 Å². The van der Waals surface area contributed by atoms with Crippen molar-refractivity contribution < 1.29 is 24.2 Å². The van der Waals surface area contributed by atoms with E-state index < -0.39 is 11.8 Å². The molecule has 1 aromatic carbocycles. The van der Waals surface area contributed by atoms with Crippen molar-refractivity contribution in [2.24, 2.45) is 0 Å². The van der Waals surface area contributed by atoms with Crippen molar-refractivity contribution in [1.82, 2.24) is 0 Å².